The number of H-pyrrole nitrogens is 1. The molecule has 1 N–H and O–H groups in total. The van der Waals surface area contributed by atoms with Crippen molar-refractivity contribution in [1.29, 1.82) is 0 Å². The molecule has 0 fully saturated rings. The third-order valence-electron chi connectivity index (χ3n) is 2.78. The van der Waals surface area contributed by atoms with E-state index >= 15 is 0 Å². The normalized spacial score (nSPS) is 16.1. The van der Waals surface area contributed by atoms with Gasteiger partial charge in [-0.3, -0.25) is 14.6 Å². The van der Waals surface area contributed by atoms with Crippen LogP contribution >= 0.6 is 0 Å². The summed E-state index contributed by atoms with van der Waals surface area (Å²) in [6, 6.07) is 0. The Labute approximate surface area is 83.5 Å². The van der Waals surface area contributed by atoms with E-state index in [2.05, 4.69) is 30.8 Å². The van der Waals surface area contributed by atoms with E-state index in [4.69, 9.17) is 0 Å². The maximum atomic E-state index is 11.4. The van der Waals surface area contributed by atoms with Crippen LogP contribution in [0.3, 0.4) is 0 Å². The highest BCUT2D eigenvalue weighted by molar-refractivity contribution is 5.50. The Morgan fingerprint density at radius 3 is 2.50 bits per heavy atom. The van der Waals surface area contributed by atoms with Crippen LogP contribution in [0, 0.1) is 6.92 Å². The quantitative estimate of drug-likeness (QED) is 0.673. The van der Waals surface area contributed by atoms with Gasteiger partial charge in [-0.15, -0.1) is 0 Å². The Kier molecular flexibility index (Phi) is 1.77. The number of aromatic amines is 1. The fraction of sp³-hybridized carbons (Fsp3) is 0.700. The van der Waals surface area contributed by atoms with Gasteiger partial charge in [0.2, 0.25) is 0 Å². The van der Waals surface area contributed by atoms with Crippen molar-refractivity contribution in [3.8, 4) is 0 Å². The van der Waals surface area contributed by atoms with E-state index < -0.39 is 0 Å². The van der Waals surface area contributed by atoms with Crippen LogP contribution in [0.15, 0.2) is 4.79 Å². The third kappa shape index (κ3) is 1.17. The number of nitrogens with zero attached hydrogens (tertiary/aromatic N) is 2. The van der Waals surface area contributed by atoms with Gasteiger partial charge in [0.15, 0.2) is 0 Å². The lowest BCUT2D eigenvalue weighted by Gasteiger charge is -2.33. The molecule has 0 aliphatic carbocycles. The van der Waals surface area contributed by atoms with Gasteiger partial charge in [-0.2, -0.15) is 0 Å². The van der Waals surface area contributed by atoms with E-state index in [-0.39, 0.29) is 11.1 Å². The van der Waals surface area contributed by atoms with E-state index in [1.165, 1.54) is 0 Å². The van der Waals surface area contributed by atoms with Crippen molar-refractivity contribution in [2.24, 2.45) is 0 Å². The molecule has 2 rings (SSSR count). The summed E-state index contributed by atoms with van der Waals surface area (Å²) in [5.41, 5.74) is 0.948. The van der Waals surface area contributed by atoms with E-state index in [1.54, 1.807) is 0 Å². The molecule has 2 heterocycles. The minimum Gasteiger partial charge on any atom is -0.350 e. The summed E-state index contributed by atoms with van der Waals surface area (Å²) in [7, 11) is 0. The van der Waals surface area contributed by atoms with Crippen molar-refractivity contribution < 1.29 is 0 Å². The van der Waals surface area contributed by atoms with E-state index in [0.717, 1.165) is 24.5 Å². The predicted octanol–water partition coefficient (Wildman–Crippen LogP) is 1.10. The summed E-state index contributed by atoms with van der Waals surface area (Å²) in [5, 5.41) is 2.85. The Balaban J connectivity index is 2.53. The molecule has 0 aromatic carbocycles. The highest BCUT2D eigenvalue weighted by Gasteiger charge is 2.31. The first-order valence-electron chi connectivity index (χ1n) is 4.98. The molecule has 0 bridgehead atoms. The zero-order chi connectivity index (χ0) is 10.5. The van der Waals surface area contributed by atoms with Gasteiger partial charge in [0, 0.05) is 12.1 Å². The SMILES string of the molecule is Cc1c2n([nH]c1=O)CCN2C(C)(C)C. The number of aromatic nitrogens is 2. The number of fused-ring (bicyclic) bond motifs is 1. The standard InChI is InChI=1S/C10H17N3O/c1-7-8(14)11-13-6-5-12(9(7)13)10(2,3)4/h5-6H2,1-4H3,(H,11,14). The topological polar surface area (TPSA) is 41.0 Å². The lowest BCUT2D eigenvalue weighted by Crippen LogP contribution is -2.40. The average molecular weight is 195 g/mol. The molecular weight excluding hydrogens is 178 g/mol. The van der Waals surface area contributed by atoms with Gasteiger partial charge in [-0.1, -0.05) is 0 Å². The van der Waals surface area contributed by atoms with Crippen LogP contribution in [-0.2, 0) is 6.54 Å². The van der Waals surface area contributed by atoms with Crippen molar-refractivity contribution in [1.82, 2.24) is 9.78 Å². The highest BCUT2D eigenvalue weighted by atomic mass is 16.1. The first-order chi connectivity index (χ1) is 6.41. The van der Waals surface area contributed by atoms with E-state index in [1.807, 2.05) is 11.6 Å². The van der Waals surface area contributed by atoms with Gasteiger partial charge in [0.1, 0.15) is 5.82 Å². The van der Waals surface area contributed by atoms with E-state index in [9.17, 15) is 4.79 Å². The molecule has 0 spiro atoms. The molecule has 0 atom stereocenters. The molecule has 78 valence electrons. The molecule has 1 aliphatic heterocycles. The van der Waals surface area contributed by atoms with Gasteiger partial charge in [-0.25, -0.2) is 0 Å². The van der Waals surface area contributed by atoms with Gasteiger partial charge in [0.25, 0.3) is 5.56 Å². The van der Waals surface area contributed by atoms with E-state index in [0.29, 0.717) is 0 Å². The van der Waals surface area contributed by atoms with Crippen molar-refractivity contribution in [3.05, 3.63) is 15.9 Å². The largest absolute Gasteiger partial charge is 0.350 e. The molecule has 0 saturated carbocycles. The predicted molar refractivity (Wildman–Crippen MR) is 56.9 cm³/mol. The molecule has 4 heteroatoms. The summed E-state index contributed by atoms with van der Waals surface area (Å²) in [6.45, 7) is 10.2. The fourth-order valence-corrected chi connectivity index (χ4v) is 2.03. The number of hydrogen-bond donors (Lipinski definition) is 1. The lowest BCUT2D eigenvalue weighted by atomic mass is 10.1. The number of hydrogen-bond acceptors (Lipinski definition) is 2. The third-order valence-corrected chi connectivity index (χ3v) is 2.78. The summed E-state index contributed by atoms with van der Waals surface area (Å²) >= 11 is 0. The fourth-order valence-electron chi connectivity index (χ4n) is 2.03. The summed E-state index contributed by atoms with van der Waals surface area (Å²) < 4.78 is 1.95. The second kappa shape index (κ2) is 2.65. The van der Waals surface area contributed by atoms with Crippen molar-refractivity contribution in [2.45, 2.75) is 39.8 Å². The minimum absolute atomic E-state index is 0.0361. The number of anilines is 1. The monoisotopic (exact) mass is 195 g/mol. The first kappa shape index (κ1) is 9.37. The molecule has 1 aliphatic rings. The lowest BCUT2D eigenvalue weighted by molar-refractivity contribution is 0.515. The second-order valence-electron chi connectivity index (χ2n) is 4.86. The summed E-state index contributed by atoms with van der Waals surface area (Å²) in [6.07, 6.45) is 0. The Bertz CT molecular complexity index is 408. The molecule has 14 heavy (non-hydrogen) atoms. The maximum absolute atomic E-state index is 11.4. The second-order valence-corrected chi connectivity index (χ2v) is 4.86. The van der Waals surface area contributed by atoms with Crippen molar-refractivity contribution in [2.75, 3.05) is 11.4 Å². The molecule has 1 aromatic heterocycles. The maximum Gasteiger partial charge on any atom is 0.269 e. The first-order valence-corrected chi connectivity index (χ1v) is 4.98. The molecule has 1 aromatic rings. The molecular formula is C10H17N3O. The van der Waals surface area contributed by atoms with Crippen LogP contribution < -0.4 is 10.5 Å². The van der Waals surface area contributed by atoms with Gasteiger partial charge in [-0.05, 0) is 27.7 Å². The molecule has 0 unspecified atom stereocenters. The Morgan fingerprint density at radius 2 is 1.93 bits per heavy atom. The number of nitrogens with one attached hydrogen (secondary N) is 1. The van der Waals surface area contributed by atoms with Gasteiger partial charge >= 0.3 is 0 Å². The molecule has 0 radical (unpaired) electrons. The Hall–Kier alpha value is -1.19. The molecule has 4 nitrogen and oxygen atoms in total. The van der Waals surface area contributed by atoms with Crippen molar-refractivity contribution in [3.63, 3.8) is 0 Å². The van der Waals surface area contributed by atoms with Crippen LogP contribution in [0.5, 0.6) is 0 Å². The van der Waals surface area contributed by atoms with Crippen LogP contribution in [0.25, 0.3) is 0 Å². The molecule has 0 amide bonds. The smallest absolute Gasteiger partial charge is 0.269 e. The zero-order valence-electron chi connectivity index (χ0n) is 9.22. The summed E-state index contributed by atoms with van der Waals surface area (Å²) in [5.74, 6) is 1.06. The average Bonchev–Trinajstić information content (AvgIpc) is 2.54. The van der Waals surface area contributed by atoms with Crippen LogP contribution in [0.1, 0.15) is 26.3 Å². The zero-order valence-corrected chi connectivity index (χ0v) is 9.22. The van der Waals surface area contributed by atoms with Crippen LogP contribution in [-0.4, -0.2) is 21.9 Å². The highest BCUT2D eigenvalue weighted by Crippen LogP contribution is 2.29. The minimum atomic E-state index is 0.0361. The Morgan fingerprint density at radius 1 is 1.29 bits per heavy atom. The van der Waals surface area contributed by atoms with Crippen LogP contribution in [0.4, 0.5) is 5.82 Å². The molecule has 0 saturated heterocycles. The number of rotatable bonds is 0. The van der Waals surface area contributed by atoms with Gasteiger partial charge < -0.3 is 4.90 Å². The van der Waals surface area contributed by atoms with Crippen LogP contribution in [0.2, 0.25) is 0 Å². The van der Waals surface area contributed by atoms with Gasteiger partial charge in [0.05, 0.1) is 12.1 Å². The summed E-state index contributed by atoms with van der Waals surface area (Å²) in [4.78, 5) is 13.7. The van der Waals surface area contributed by atoms with Crippen molar-refractivity contribution >= 4 is 5.82 Å².